The summed E-state index contributed by atoms with van der Waals surface area (Å²) in [4.78, 5) is 29.3. The first-order chi connectivity index (χ1) is 14.1. The molecule has 1 N–H and O–H groups in total. The van der Waals surface area contributed by atoms with Gasteiger partial charge in [-0.3, -0.25) is 4.79 Å². The Kier molecular flexibility index (Phi) is 7.11. The molecule has 0 aliphatic carbocycles. The number of anilines is 1. The van der Waals surface area contributed by atoms with Gasteiger partial charge in [-0.25, -0.2) is 4.79 Å². The molecule has 2 aromatic carbocycles. The fourth-order valence-corrected chi connectivity index (χ4v) is 3.64. The minimum Gasteiger partial charge on any atom is -0.497 e. The van der Waals surface area contributed by atoms with E-state index in [0.717, 1.165) is 29.8 Å². The van der Waals surface area contributed by atoms with Crippen LogP contribution in [0.25, 0.3) is 0 Å². The minimum atomic E-state index is -0.163. The van der Waals surface area contributed by atoms with Gasteiger partial charge < -0.3 is 19.9 Å². The van der Waals surface area contributed by atoms with Crippen molar-refractivity contribution in [2.24, 2.45) is 5.92 Å². The molecule has 3 rings (SSSR count). The summed E-state index contributed by atoms with van der Waals surface area (Å²) < 4.78 is 5.20. The van der Waals surface area contributed by atoms with E-state index in [4.69, 9.17) is 4.74 Å². The van der Waals surface area contributed by atoms with E-state index in [2.05, 4.69) is 5.32 Å². The Morgan fingerprint density at radius 3 is 2.52 bits per heavy atom. The molecule has 3 amide bonds. The quantitative estimate of drug-likeness (QED) is 0.805. The maximum absolute atomic E-state index is 13.1. The fourth-order valence-electron chi connectivity index (χ4n) is 3.64. The van der Waals surface area contributed by atoms with E-state index >= 15 is 0 Å². The van der Waals surface area contributed by atoms with Crippen molar-refractivity contribution in [3.63, 3.8) is 0 Å². The molecule has 0 saturated carbocycles. The standard InChI is InChI=1S/C23H29N3O3/c1-3-25(16-18-11-13-21(29-2)14-12-18)22(27)19-8-7-15-26(17-19)23(28)24-20-9-5-4-6-10-20/h4-6,9-14,19H,3,7-8,15-17H2,1-2H3,(H,24,28). The average Bonchev–Trinajstić information content (AvgIpc) is 2.78. The van der Waals surface area contributed by atoms with Crippen LogP contribution in [0, 0.1) is 5.92 Å². The lowest BCUT2D eigenvalue weighted by Gasteiger charge is -2.34. The second-order valence-corrected chi connectivity index (χ2v) is 7.28. The molecule has 1 fully saturated rings. The predicted molar refractivity (Wildman–Crippen MR) is 114 cm³/mol. The number of likely N-dealkylation sites (tertiary alicyclic amines) is 1. The second-order valence-electron chi connectivity index (χ2n) is 7.28. The monoisotopic (exact) mass is 395 g/mol. The van der Waals surface area contributed by atoms with Crippen molar-refractivity contribution in [2.75, 3.05) is 32.1 Å². The third-order valence-corrected chi connectivity index (χ3v) is 5.31. The van der Waals surface area contributed by atoms with Gasteiger partial charge in [0.25, 0.3) is 0 Å². The third-order valence-electron chi connectivity index (χ3n) is 5.31. The molecule has 1 unspecified atom stereocenters. The average molecular weight is 396 g/mol. The fraction of sp³-hybridized carbons (Fsp3) is 0.391. The maximum Gasteiger partial charge on any atom is 0.321 e. The summed E-state index contributed by atoms with van der Waals surface area (Å²) in [6, 6.07) is 17.0. The molecule has 6 nitrogen and oxygen atoms in total. The van der Waals surface area contributed by atoms with Crippen molar-refractivity contribution in [2.45, 2.75) is 26.3 Å². The molecule has 154 valence electrons. The molecule has 6 heteroatoms. The number of methoxy groups -OCH3 is 1. The molecule has 1 saturated heterocycles. The first-order valence-electron chi connectivity index (χ1n) is 10.1. The maximum atomic E-state index is 13.1. The summed E-state index contributed by atoms with van der Waals surface area (Å²) in [7, 11) is 1.64. The zero-order valence-corrected chi connectivity index (χ0v) is 17.1. The lowest BCUT2D eigenvalue weighted by molar-refractivity contribution is -0.137. The highest BCUT2D eigenvalue weighted by atomic mass is 16.5. The third kappa shape index (κ3) is 5.50. The van der Waals surface area contributed by atoms with E-state index in [1.807, 2.05) is 66.4 Å². The minimum absolute atomic E-state index is 0.112. The number of hydrogen-bond acceptors (Lipinski definition) is 3. The van der Waals surface area contributed by atoms with Crippen LogP contribution < -0.4 is 10.1 Å². The topological polar surface area (TPSA) is 61.9 Å². The van der Waals surface area contributed by atoms with E-state index < -0.39 is 0 Å². The number of piperidine rings is 1. The van der Waals surface area contributed by atoms with Crippen LogP contribution in [0.4, 0.5) is 10.5 Å². The first-order valence-corrected chi connectivity index (χ1v) is 10.1. The number of hydrogen-bond donors (Lipinski definition) is 1. The van der Waals surface area contributed by atoms with Gasteiger partial charge in [0, 0.05) is 31.9 Å². The van der Waals surface area contributed by atoms with E-state index in [1.54, 1.807) is 12.0 Å². The molecular weight excluding hydrogens is 366 g/mol. The number of urea groups is 1. The number of amides is 3. The first kappa shape index (κ1) is 20.7. The molecule has 29 heavy (non-hydrogen) atoms. The number of carbonyl (C=O) groups excluding carboxylic acids is 2. The van der Waals surface area contributed by atoms with Crippen molar-refractivity contribution in [1.82, 2.24) is 9.80 Å². The van der Waals surface area contributed by atoms with Gasteiger partial charge in [0.05, 0.1) is 13.0 Å². The SMILES string of the molecule is CCN(Cc1ccc(OC)cc1)C(=O)C1CCCN(C(=O)Nc2ccccc2)C1. The number of carbonyl (C=O) groups is 2. The van der Waals surface area contributed by atoms with Gasteiger partial charge in [0.2, 0.25) is 5.91 Å². The van der Waals surface area contributed by atoms with Gasteiger partial charge in [-0.15, -0.1) is 0 Å². The molecule has 0 bridgehead atoms. The van der Waals surface area contributed by atoms with Crippen LogP contribution >= 0.6 is 0 Å². The van der Waals surface area contributed by atoms with Crippen LogP contribution in [0.2, 0.25) is 0 Å². The van der Waals surface area contributed by atoms with Gasteiger partial charge in [0.1, 0.15) is 5.75 Å². The van der Waals surface area contributed by atoms with E-state index in [9.17, 15) is 9.59 Å². The van der Waals surface area contributed by atoms with Gasteiger partial charge in [-0.1, -0.05) is 30.3 Å². The van der Waals surface area contributed by atoms with E-state index in [-0.39, 0.29) is 17.9 Å². The zero-order chi connectivity index (χ0) is 20.6. The van der Waals surface area contributed by atoms with Crippen LogP contribution in [0.3, 0.4) is 0 Å². The van der Waals surface area contributed by atoms with Gasteiger partial charge in [-0.05, 0) is 49.6 Å². The largest absolute Gasteiger partial charge is 0.497 e. The lowest BCUT2D eigenvalue weighted by atomic mass is 9.96. The van der Waals surface area contributed by atoms with E-state index in [1.165, 1.54) is 0 Å². The van der Waals surface area contributed by atoms with Crippen molar-refractivity contribution < 1.29 is 14.3 Å². The molecule has 1 aliphatic rings. The highest BCUT2D eigenvalue weighted by molar-refractivity contribution is 5.90. The smallest absolute Gasteiger partial charge is 0.321 e. The summed E-state index contributed by atoms with van der Waals surface area (Å²) in [6.07, 6.45) is 1.64. The molecule has 0 spiro atoms. The second kappa shape index (κ2) is 9.96. The number of benzene rings is 2. The highest BCUT2D eigenvalue weighted by Gasteiger charge is 2.31. The van der Waals surface area contributed by atoms with Crippen LogP contribution in [0.1, 0.15) is 25.3 Å². The normalized spacial score (nSPS) is 16.2. The number of nitrogens with one attached hydrogen (secondary N) is 1. The summed E-state index contributed by atoms with van der Waals surface area (Å²) in [5, 5.41) is 2.92. The van der Waals surface area contributed by atoms with Crippen molar-refractivity contribution in [1.29, 1.82) is 0 Å². The molecule has 2 aromatic rings. The van der Waals surface area contributed by atoms with Crippen molar-refractivity contribution in [3.8, 4) is 5.75 Å². The lowest BCUT2D eigenvalue weighted by Crippen LogP contribution is -2.47. The molecule has 1 aliphatic heterocycles. The Hall–Kier alpha value is -3.02. The van der Waals surface area contributed by atoms with Gasteiger partial charge in [-0.2, -0.15) is 0 Å². The Bertz CT molecular complexity index is 808. The van der Waals surface area contributed by atoms with Crippen LogP contribution in [-0.4, -0.2) is 48.5 Å². The van der Waals surface area contributed by atoms with Crippen LogP contribution in [-0.2, 0) is 11.3 Å². The van der Waals surface area contributed by atoms with Crippen LogP contribution in [0.5, 0.6) is 5.75 Å². The van der Waals surface area contributed by atoms with Gasteiger partial charge >= 0.3 is 6.03 Å². The van der Waals surface area contributed by atoms with Crippen LogP contribution in [0.15, 0.2) is 54.6 Å². The van der Waals surface area contributed by atoms with Gasteiger partial charge in [0.15, 0.2) is 0 Å². The zero-order valence-electron chi connectivity index (χ0n) is 17.1. The molecule has 1 atom stereocenters. The Morgan fingerprint density at radius 2 is 1.86 bits per heavy atom. The molecule has 0 radical (unpaired) electrons. The summed E-state index contributed by atoms with van der Waals surface area (Å²) in [5.41, 5.74) is 1.83. The van der Waals surface area contributed by atoms with E-state index in [0.29, 0.717) is 26.2 Å². The Balaban J connectivity index is 1.60. The molecule has 0 aromatic heterocycles. The number of ether oxygens (including phenoxy) is 1. The summed E-state index contributed by atoms with van der Waals surface area (Å²) in [5.74, 6) is 0.750. The number of rotatable bonds is 6. The van der Waals surface area contributed by atoms with Crippen molar-refractivity contribution >= 4 is 17.6 Å². The Labute approximate surface area is 172 Å². The number of para-hydroxylation sites is 1. The van der Waals surface area contributed by atoms with Crippen molar-refractivity contribution in [3.05, 3.63) is 60.2 Å². The Morgan fingerprint density at radius 1 is 1.14 bits per heavy atom. The number of nitrogens with zero attached hydrogens (tertiary/aromatic N) is 2. The highest BCUT2D eigenvalue weighted by Crippen LogP contribution is 2.21. The summed E-state index contributed by atoms with van der Waals surface area (Å²) in [6.45, 7) is 4.32. The molecule has 1 heterocycles. The molecular formula is C23H29N3O3. The predicted octanol–water partition coefficient (Wildman–Crippen LogP) is 3.99. The summed E-state index contributed by atoms with van der Waals surface area (Å²) >= 11 is 0.